The molecule has 2 rings (SSSR count). The predicted molar refractivity (Wildman–Crippen MR) is 180 cm³/mol. The fraction of sp³-hybridized carbons (Fsp3) is 0.650. The largest absolute Gasteiger partial charge is 0.0983 e. The highest BCUT2D eigenvalue weighted by atomic mass is 14.3. The van der Waals surface area contributed by atoms with Crippen molar-refractivity contribution in [3.8, 4) is 11.8 Å². The molecular weight excluding hydrogens is 480 g/mol. The highest BCUT2D eigenvalue weighted by Gasteiger charge is 2.28. The van der Waals surface area contributed by atoms with Gasteiger partial charge >= 0.3 is 0 Å². The van der Waals surface area contributed by atoms with Crippen molar-refractivity contribution in [2.24, 2.45) is 16.7 Å². The van der Waals surface area contributed by atoms with Crippen LogP contribution in [-0.2, 0) is 0 Å². The lowest BCUT2D eigenvalue weighted by Gasteiger charge is -2.35. The van der Waals surface area contributed by atoms with E-state index in [1.807, 2.05) is 0 Å². The SMILES string of the molecule is CC1=C(/C=C/C(C)C#CC/C(C)=C/CC/C=C(\C)CC/C=C(/C)CCC2=C(C)CCCC2(C)C)C(C)(C)CCC1. The van der Waals surface area contributed by atoms with E-state index in [4.69, 9.17) is 0 Å². The maximum atomic E-state index is 3.45. The Morgan fingerprint density at radius 2 is 1.35 bits per heavy atom. The molecule has 0 aliphatic heterocycles. The summed E-state index contributed by atoms with van der Waals surface area (Å²) in [6, 6.07) is 0. The average Bonchev–Trinajstić information content (AvgIpc) is 2.85. The highest BCUT2D eigenvalue weighted by Crippen LogP contribution is 2.43. The fourth-order valence-corrected chi connectivity index (χ4v) is 6.68. The van der Waals surface area contributed by atoms with Crippen LogP contribution < -0.4 is 0 Å². The van der Waals surface area contributed by atoms with Gasteiger partial charge in [0.1, 0.15) is 0 Å². The first-order valence-electron chi connectivity index (χ1n) is 16.3. The van der Waals surface area contributed by atoms with E-state index in [-0.39, 0.29) is 0 Å². The molecule has 0 fully saturated rings. The summed E-state index contributed by atoms with van der Waals surface area (Å²) in [5, 5.41) is 0. The molecule has 0 heteroatoms. The van der Waals surface area contributed by atoms with Crippen molar-refractivity contribution in [1.29, 1.82) is 0 Å². The molecule has 0 saturated carbocycles. The van der Waals surface area contributed by atoms with Crippen LogP contribution in [0.25, 0.3) is 0 Å². The van der Waals surface area contributed by atoms with E-state index in [2.05, 4.69) is 111 Å². The lowest BCUT2D eigenvalue weighted by atomic mass is 9.71. The quantitative estimate of drug-likeness (QED) is 0.131. The van der Waals surface area contributed by atoms with Crippen LogP contribution in [0.1, 0.15) is 153 Å². The third kappa shape index (κ3) is 11.9. The van der Waals surface area contributed by atoms with Gasteiger partial charge in [-0.1, -0.05) is 103 Å². The minimum Gasteiger partial charge on any atom is -0.0983 e. The number of rotatable bonds is 12. The Morgan fingerprint density at radius 1 is 0.775 bits per heavy atom. The normalized spacial score (nSPS) is 21.1. The molecule has 0 nitrogen and oxygen atoms in total. The molecule has 0 spiro atoms. The second-order valence-electron chi connectivity index (χ2n) is 14.3. The predicted octanol–water partition coefficient (Wildman–Crippen LogP) is 12.8. The molecule has 0 aromatic heterocycles. The summed E-state index contributed by atoms with van der Waals surface area (Å²) in [4.78, 5) is 0. The van der Waals surface area contributed by atoms with Crippen LogP contribution in [0.2, 0.25) is 0 Å². The van der Waals surface area contributed by atoms with E-state index in [0.29, 0.717) is 16.7 Å². The third-order valence-corrected chi connectivity index (χ3v) is 9.43. The van der Waals surface area contributed by atoms with Gasteiger partial charge in [0.05, 0.1) is 0 Å². The van der Waals surface area contributed by atoms with E-state index in [1.165, 1.54) is 80.9 Å². The van der Waals surface area contributed by atoms with E-state index in [9.17, 15) is 0 Å². The Labute approximate surface area is 250 Å². The zero-order valence-corrected chi connectivity index (χ0v) is 28.2. The molecule has 1 unspecified atom stereocenters. The fourth-order valence-electron chi connectivity index (χ4n) is 6.68. The maximum absolute atomic E-state index is 3.45. The molecule has 0 aromatic carbocycles. The van der Waals surface area contributed by atoms with Gasteiger partial charge in [-0.05, 0) is 135 Å². The van der Waals surface area contributed by atoms with Gasteiger partial charge < -0.3 is 0 Å². The van der Waals surface area contributed by atoms with Gasteiger partial charge in [-0.3, -0.25) is 0 Å². The van der Waals surface area contributed by atoms with E-state index in [1.54, 1.807) is 22.3 Å². The van der Waals surface area contributed by atoms with Crippen LogP contribution in [-0.4, -0.2) is 0 Å². The molecule has 2 aliphatic carbocycles. The maximum Gasteiger partial charge on any atom is 0.0357 e. The summed E-state index contributed by atoms with van der Waals surface area (Å²) in [7, 11) is 0. The molecule has 2 aliphatic rings. The Hall–Kier alpha value is -2.00. The number of allylic oxidation sites excluding steroid dienone is 12. The van der Waals surface area contributed by atoms with Crippen molar-refractivity contribution >= 4 is 0 Å². The molecule has 0 bridgehead atoms. The molecule has 40 heavy (non-hydrogen) atoms. The summed E-state index contributed by atoms with van der Waals surface area (Å²) in [6.07, 6.45) is 27.8. The topological polar surface area (TPSA) is 0 Å². The Morgan fingerprint density at radius 3 is 2.00 bits per heavy atom. The molecule has 0 heterocycles. The van der Waals surface area contributed by atoms with Gasteiger partial charge in [-0.25, -0.2) is 0 Å². The van der Waals surface area contributed by atoms with Crippen molar-refractivity contribution in [3.05, 3.63) is 69.4 Å². The summed E-state index contributed by atoms with van der Waals surface area (Å²) in [5.41, 5.74) is 11.7. The summed E-state index contributed by atoms with van der Waals surface area (Å²) in [6.45, 7) is 23.4. The Bertz CT molecular complexity index is 1080. The van der Waals surface area contributed by atoms with Crippen LogP contribution >= 0.6 is 0 Å². The minimum atomic E-state index is 0.300. The van der Waals surface area contributed by atoms with E-state index < -0.39 is 0 Å². The van der Waals surface area contributed by atoms with Gasteiger partial charge in [0.25, 0.3) is 0 Å². The van der Waals surface area contributed by atoms with Crippen molar-refractivity contribution in [2.75, 3.05) is 0 Å². The first-order chi connectivity index (χ1) is 18.8. The van der Waals surface area contributed by atoms with Crippen LogP contribution in [0.15, 0.2) is 69.4 Å². The lowest BCUT2D eigenvalue weighted by molar-refractivity contribution is 0.354. The molecule has 1 atom stereocenters. The zero-order chi connectivity index (χ0) is 29.8. The molecule has 0 radical (unpaired) electrons. The Kier molecular flexibility index (Phi) is 14.1. The van der Waals surface area contributed by atoms with Crippen LogP contribution in [0.3, 0.4) is 0 Å². The summed E-state index contributed by atoms with van der Waals surface area (Å²) < 4.78 is 0. The van der Waals surface area contributed by atoms with Crippen molar-refractivity contribution in [1.82, 2.24) is 0 Å². The Balaban J connectivity index is 1.70. The summed E-state index contributed by atoms with van der Waals surface area (Å²) >= 11 is 0. The molecule has 222 valence electrons. The van der Waals surface area contributed by atoms with Crippen LogP contribution in [0.5, 0.6) is 0 Å². The average molecular weight is 543 g/mol. The monoisotopic (exact) mass is 542 g/mol. The smallest absolute Gasteiger partial charge is 0.0357 e. The second kappa shape index (κ2) is 16.4. The van der Waals surface area contributed by atoms with Crippen LogP contribution in [0.4, 0.5) is 0 Å². The number of hydrogen-bond acceptors (Lipinski definition) is 0. The van der Waals surface area contributed by atoms with Gasteiger partial charge in [0, 0.05) is 12.3 Å². The van der Waals surface area contributed by atoms with Gasteiger partial charge in [0.2, 0.25) is 0 Å². The molecule has 0 saturated heterocycles. The minimum absolute atomic E-state index is 0.300. The highest BCUT2D eigenvalue weighted by molar-refractivity contribution is 5.33. The number of hydrogen-bond donors (Lipinski definition) is 0. The van der Waals surface area contributed by atoms with Gasteiger partial charge in [-0.2, -0.15) is 0 Å². The van der Waals surface area contributed by atoms with Crippen molar-refractivity contribution < 1.29 is 0 Å². The third-order valence-electron chi connectivity index (χ3n) is 9.43. The van der Waals surface area contributed by atoms with Gasteiger partial charge in [-0.15, -0.1) is 0 Å². The zero-order valence-electron chi connectivity index (χ0n) is 28.2. The summed E-state index contributed by atoms with van der Waals surface area (Å²) in [5.74, 6) is 7.17. The number of unbranched alkanes of at least 4 members (excludes halogenated alkanes) is 1. The first kappa shape index (κ1) is 34.2. The molecule has 0 aromatic rings. The molecule has 0 N–H and O–H groups in total. The van der Waals surface area contributed by atoms with Gasteiger partial charge in [0.15, 0.2) is 0 Å². The van der Waals surface area contributed by atoms with Crippen molar-refractivity contribution in [3.63, 3.8) is 0 Å². The lowest BCUT2D eigenvalue weighted by Crippen LogP contribution is -2.20. The van der Waals surface area contributed by atoms with E-state index in [0.717, 1.165) is 19.3 Å². The molecule has 0 amide bonds. The van der Waals surface area contributed by atoms with E-state index >= 15 is 0 Å². The standard InChI is InChI=1S/C40H62/c1-31(19-13-21-33(3)25-27-37-35(5)23-15-29-39(37,7)8)17-11-12-18-32(2)20-14-22-34(4)26-28-38-36(6)24-16-30-40(38,9)10/h17-18,21,26,28,34H,11-13,15-16,19-20,23-25,27,29-30H2,1-10H3/b28-26+,31-17+,32-18+,33-21-. The molecular formula is C40H62. The van der Waals surface area contributed by atoms with Crippen molar-refractivity contribution in [2.45, 2.75) is 153 Å². The second-order valence-corrected chi connectivity index (χ2v) is 14.3. The van der Waals surface area contributed by atoms with Crippen LogP contribution in [0, 0.1) is 28.6 Å². The first-order valence-corrected chi connectivity index (χ1v) is 16.3.